The van der Waals surface area contributed by atoms with Crippen LogP contribution in [-0.4, -0.2) is 41.0 Å². The molecule has 0 saturated carbocycles. The molecule has 5 heteroatoms. The largest absolute Gasteiger partial charge is 0.441 e. The average molecular weight is 355 g/mol. The van der Waals surface area contributed by atoms with E-state index in [1.807, 2.05) is 37.3 Å². The highest BCUT2D eigenvalue weighted by atomic mass is 16.4. The Bertz CT molecular complexity index is 731. The van der Waals surface area contributed by atoms with Crippen molar-refractivity contribution in [3.8, 4) is 11.5 Å². The molecule has 140 valence electrons. The van der Waals surface area contributed by atoms with Gasteiger partial charge in [-0.3, -0.25) is 9.69 Å². The highest BCUT2D eigenvalue weighted by Gasteiger charge is 2.28. The van der Waals surface area contributed by atoms with E-state index in [-0.39, 0.29) is 17.9 Å². The van der Waals surface area contributed by atoms with Crippen LogP contribution in [0.5, 0.6) is 0 Å². The molecule has 0 atom stereocenters. The molecule has 1 saturated heterocycles. The van der Waals surface area contributed by atoms with E-state index in [0.29, 0.717) is 23.9 Å². The second-order valence-electron chi connectivity index (χ2n) is 7.70. The minimum absolute atomic E-state index is 0.00824. The number of nitrogens with one attached hydrogen (secondary N) is 1. The van der Waals surface area contributed by atoms with Gasteiger partial charge in [0, 0.05) is 17.6 Å². The molecular formula is C21H29N3O2. The van der Waals surface area contributed by atoms with E-state index in [2.05, 4.69) is 29.0 Å². The molecule has 0 spiro atoms. The van der Waals surface area contributed by atoms with E-state index in [4.69, 9.17) is 4.42 Å². The third-order valence-electron chi connectivity index (χ3n) is 5.17. The SMILES string of the molecule is Cc1oc(-c2ccccc2)nc1CC(=O)NCC(C)(C)N1CCCCC1. The van der Waals surface area contributed by atoms with Crippen LogP contribution in [0.1, 0.15) is 44.6 Å². The number of aryl methyl sites for hydroxylation is 1. The summed E-state index contributed by atoms with van der Waals surface area (Å²) in [5, 5.41) is 3.08. The number of likely N-dealkylation sites (tertiary alicyclic amines) is 1. The molecule has 1 amide bonds. The number of piperidine rings is 1. The molecule has 26 heavy (non-hydrogen) atoms. The van der Waals surface area contributed by atoms with Crippen molar-refractivity contribution < 1.29 is 9.21 Å². The Morgan fingerprint density at radius 2 is 1.88 bits per heavy atom. The monoisotopic (exact) mass is 355 g/mol. The van der Waals surface area contributed by atoms with E-state index in [0.717, 1.165) is 18.7 Å². The number of hydrogen-bond acceptors (Lipinski definition) is 4. The van der Waals surface area contributed by atoms with Crippen molar-refractivity contribution in [3.05, 3.63) is 41.8 Å². The van der Waals surface area contributed by atoms with Gasteiger partial charge in [-0.15, -0.1) is 0 Å². The number of rotatable bonds is 6. The second kappa shape index (κ2) is 8.04. The predicted molar refractivity (Wildman–Crippen MR) is 103 cm³/mol. The molecule has 1 fully saturated rings. The first-order valence-corrected chi connectivity index (χ1v) is 9.49. The van der Waals surface area contributed by atoms with Crippen LogP contribution in [0.25, 0.3) is 11.5 Å². The van der Waals surface area contributed by atoms with E-state index < -0.39 is 0 Å². The van der Waals surface area contributed by atoms with Crippen LogP contribution in [0.2, 0.25) is 0 Å². The van der Waals surface area contributed by atoms with Gasteiger partial charge < -0.3 is 9.73 Å². The number of aromatic nitrogens is 1. The van der Waals surface area contributed by atoms with Gasteiger partial charge in [-0.1, -0.05) is 24.6 Å². The van der Waals surface area contributed by atoms with Gasteiger partial charge >= 0.3 is 0 Å². The normalized spacial score (nSPS) is 15.8. The Morgan fingerprint density at radius 1 is 1.19 bits per heavy atom. The van der Waals surface area contributed by atoms with Gasteiger partial charge in [0.1, 0.15) is 5.76 Å². The fourth-order valence-corrected chi connectivity index (χ4v) is 3.44. The summed E-state index contributed by atoms with van der Waals surface area (Å²) in [6, 6.07) is 9.76. The van der Waals surface area contributed by atoms with Crippen molar-refractivity contribution in [2.75, 3.05) is 19.6 Å². The number of carbonyl (C=O) groups is 1. The maximum Gasteiger partial charge on any atom is 0.226 e. The lowest BCUT2D eigenvalue weighted by molar-refractivity contribution is -0.121. The fourth-order valence-electron chi connectivity index (χ4n) is 3.44. The van der Waals surface area contributed by atoms with Gasteiger partial charge in [-0.05, 0) is 58.8 Å². The molecular weight excluding hydrogens is 326 g/mol. The molecule has 2 heterocycles. The van der Waals surface area contributed by atoms with Crippen LogP contribution >= 0.6 is 0 Å². The van der Waals surface area contributed by atoms with E-state index in [9.17, 15) is 4.79 Å². The van der Waals surface area contributed by atoms with Crippen molar-refractivity contribution in [1.82, 2.24) is 15.2 Å². The van der Waals surface area contributed by atoms with Crippen LogP contribution in [0.15, 0.2) is 34.7 Å². The van der Waals surface area contributed by atoms with Gasteiger partial charge in [0.25, 0.3) is 0 Å². The summed E-state index contributed by atoms with van der Waals surface area (Å²) in [5.41, 5.74) is 1.61. The second-order valence-corrected chi connectivity index (χ2v) is 7.70. The molecule has 3 rings (SSSR count). The van der Waals surface area contributed by atoms with Gasteiger partial charge in [0.2, 0.25) is 11.8 Å². The van der Waals surface area contributed by atoms with Gasteiger partial charge in [-0.2, -0.15) is 0 Å². The Labute approximate surface area is 155 Å². The number of carbonyl (C=O) groups excluding carboxylic acids is 1. The number of benzene rings is 1. The molecule has 5 nitrogen and oxygen atoms in total. The van der Waals surface area contributed by atoms with Crippen LogP contribution in [0, 0.1) is 6.92 Å². The standard InChI is InChI=1S/C21H29N3O2/c1-16-18(23-20(26-16)17-10-6-4-7-11-17)14-19(25)22-15-21(2,3)24-12-8-5-9-13-24/h4,6-7,10-11H,5,8-9,12-15H2,1-3H3,(H,22,25). The molecule has 1 aromatic carbocycles. The lowest BCUT2D eigenvalue weighted by atomic mass is 9.98. The molecule has 0 radical (unpaired) electrons. The Kier molecular flexibility index (Phi) is 5.77. The quantitative estimate of drug-likeness (QED) is 0.860. The van der Waals surface area contributed by atoms with Gasteiger partial charge in [-0.25, -0.2) is 4.98 Å². The first-order chi connectivity index (χ1) is 12.5. The number of nitrogens with zero attached hydrogens (tertiary/aromatic N) is 2. The molecule has 1 aliphatic rings. The molecule has 1 aliphatic heterocycles. The highest BCUT2D eigenvalue weighted by Crippen LogP contribution is 2.22. The third-order valence-corrected chi connectivity index (χ3v) is 5.17. The third kappa shape index (κ3) is 4.52. The Balaban J connectivity index is 1.57. The predicted octanol–water partition coefficient (Wildman–Crippen LogP) is 3.57. The molecule has 1 aromatic heterocycles. The molecule has 2 aromatic rings. The maximum absolute atomic E-state index is 12.4. The zero-order valence-corrected chi connectivity index (χ0v) is 16.0. The molecule has 0 unspecified atom stereocenters. The highest BCUT2D eigenvalue weighted by molar-refractivity contribution is 5.78. The van der Waals surface area contributed by atoms with Gasteiger partial charge in [0.05, 0.1) is 12.1 Å². The Morgan fingerprint density at radius 3 is 2.58 bits per heavy atom. The van der Waals surface area contributed by atoms with Crippen molar-refractivity contribution in [2.24, 2.45) is 0 Å². The first kappa shape index (κ1) is 18.6. The minimum atomic E-state index is -0.0237. The summed E-state index contributed by atoms with van der Waals surface area (Å²) in [7, 11) is 0. The fraction of sp³-hybridized carbons (Fsp3) is 0.524. The molecule has 1 N–H and O–H groups in total. The van der Waals surface area contributed by atoms with Crippen LogP contribution in [-0.2, 0) is 11.2 Å². The number of hydrogen-bond donors (Lipinski definition) is 1. The summed E-state index contributed by atoms with van der Waals surface area (Å²) in [6.45, 7) is 9.15. The topological polar surface area (TPSA) is 58.4 Å². The average Bonchev–Trinajstić information content (AvgIpc) is 3.02. The lowest BCUT2D eigenvalue weighted by Gasteiger charge is -2.41. The number of amides is 1. The van der Waals surface area contributed by atoms with Crippen LogP contribution in [0.3, 0.4) is 0 Å². The Hall–Kier alpha value is -2.14. The summed E-state index contributed by atoms with van der Waals surface area (Å²) >= 11 is 0. The molecule has 0 aliphatic carbocycles. The summed E-state index contributed by atoms with van der Waals surface area (Å²) < 4.78 is 5.74. The first-order valence-electron chi connectivity index (χ1n) is 9.49. The summed E-state index contributed by atoms with van der Waals surface area (Å²) in [4.78, 5) is 19.4. The minimum Gasteiger partial charge on any atom is -0.441 e. The zero-order chi connectivity index (χ0) is 18.6. The summed E-state index contributed by atoms with van der Waals surface area (Å²) in [5.74, 6) is 1.26. The van der Waals surface area contributed by atoms with E-state index in [1.54, 1.807) is 0 Å². The van der Waals surface area contributed by atoms with Crippen LogP contribution in [0.4, 0.5) is 0 Å². The number of oxazole rings is 1. The van der Waals surface area contributed by atoms with Crippen molar-refractivity contribution in [2.45, 2.75) is 52.0 Å². The van der Waals surface area contributed by atoms with Crippen molar-refractivity contribution >= 4 is 5.91 Å². The zero-order valence-electron chi connectivity index (χ0n) is 16.0. The van der Waals surface area contributed by atoms with Crippen molar-refractivity contribution in [1.29, 1.82) is 0 Å². The van der Waals surface area contributed by atoms with E-state index in [1.165, 1.54) is 19.3 Å². The van der Waals surface area contributed by atoms with E-state index >= 15 is 0 Å². The van der Waals surface area contributed by atoms with Gasteiger partial charge in [0.15, 0.2) is 0 Å². The smallest absolute Gasteiger partial charge is 0.226 e. The lowest BCUT2D eigenvalue weighted by Crippen LogP contribution is -2.53. The maximum atomic E-state index is 12.4. The van der Waals surface area contributed by atoms with Crippen LogP contribution < -0.4 is 5.32 Å². The van der Waals surface area contributed by atoms with Crippen molar-refractivity contribution in [3.63, 3.8) is 0 Å². The summed E-state index contributed by atoms with van der Waals surface area (Å²) in [6.07, 6.45) is 4.06. The molecule has 0 bridgehead atoms.